The highest BCUT2D eigenvalue weighted by Crippen LogP contribution is 1.95. The van der Waals surface area contributed by atoms with Crippen LogP contribution in [0.3, 0.4) is 0 Å². The van der Waals surface area contributed by atoms with Crippen molar-refractivity contribution in [3.63, 3.8) is 0 Å². The number of guanidine groups is 1. The van der Waals surface area contributed by atoms with Gasteiger partial charge in [0.1, 0.15) is 0 Å². The van der Waals surface area contributed by atoms with Crippen molar-refractivity contribution in [3.05, 3.63) is 12.7 Å². The first-order valence-electron chi connectivity index (χ1n) is 5.36. The van der Waals surface area contributed by atoms with Crippen LogP contribution in [-0.4, -0.2) is 39.2 Å². The van der Waals surface area contributed by atoms with Gasteiger partial charge in [0.05, 0.1) is 7.11 Å². The van der Waals surface area contributed by atoms with Crippen molar-refractivity contribution in [2.75, 3.05) is 27.2 Å². The Morgan fingerprint density at radius 2 is 2.19 bits per heavy atom. The fourth-order valence-corrected chi connectivity index (χ4v) is 1.09. The molecule has 0 amide bonds. The third-order valence-electron chi connectivity index (χ3n) is 1.97. The van der Waals surface area contributed by atoms with Gasteiger partial charge in [0.2, 0.25) is 0 Å². The molecule has 0 atom stereocenters. The summed E-state index contributed by atoms with van der Waals surface area (Å²) in [5, 5.41) is 6.19. The maximum Gasteiger partial charge on any atom is 0.305 e. The molecule has 0 spiro atoms. The molecular weight excluding hydrogens is 206 g/mol. The van der Waals surface area contributed by atoms with Gasteiger partial charge in [-0.1, -0.05) is 6.08 Å². The minimum Gasteiger partial charge on any atom is -0.469 e. The average molecular weight is 227 g/mol. The lowest BCUT2D eigenvalue weighted by Crippen LogP contribution is -2.37. The highest BCUT2D eigenvalue weighted by atomic mass is 16.5. The molecule has 0 aliphatic carbocycles. The molecule has 0 saturated carbocycles. The number of nitrogens with zero attached hydrogens (tertiary/aromatic N) is 1. The molecule has 16 heavy (non-hydrogen) atoms. The van der Waals surface area contributed by atoms with E-state index in [2.05, 4.69) is 26.9 Å². The van der Waals surface area contributed by atoms with Crippen LogP contribution < -0.4 is 10.6 Å². The number of aliphatic imine (C=N–C) groups is 1. The third kappa shape index (κ3) is 7.84. The number of unbranched alkanes of at least 4 members (excludes halogenated alkanes) is 1. The largest absolute Gasteiger partial charge is 0.469 e. The molecule has 0 aromatic heterocycles. The van der Waals surface area contributed by atoms with E-state index >= 15 is 0 Å². The zero-order valence-electron chi connectivity index (χ0n) is 10.1. The topological polar surface area (TPSA) is 62.7 Å². The van der Waals surface area contributed by atoms with Crippen LogP contribution in [0.1, 0.15) is 19.3 Å². The molecule has 0 radical (unpaired) electrons. The number of hydrogen-bond donors (Lipinski definition) is 2. The molecular formula is C11H21N3O2. The minimum atomic E-state index is -0.158. The normalized spacial score (nSPS) is 10.8. The predicted molar refractivity (Wildman–Crippen MR) is 65.4 cm³/mol. The van der Waals surface area contributed by atoms with Crippen LogP contribution in [0.15, 0.2) is 17.6 Å². The van der Waals surface area contributed by atoms with Crippen molar-refractivity contribution in [1.82, 2.24) is 10.6 Å². The molecule has 0 bridgehead atoms. The lowest BCUT2D eigenvalue weighted by molar-refractivity contribution is -0.140. The molecule has 2 N–H and O–H groups in total. The summed E-state index contributed by atoms with van der Waals surface area (Å²) < 4.78 is 4.55. The van der Waals surface area contributed by atoms with Crippen LogP contribution in [0.5, 0.6) is 0 Å². The minimum absolute atomic E-state index is 0.158. The maximum atomic E-state index is 10.8. The molecule has 0 aromatic carbocycles. The summed E-state index contributed by atoms with van der Waals surface area (Å²) >= 11 is 0. The summed E-state index contributed by atoms with van der Waals surface area (Å²) in [6.45, 7) is 5.08. The molecule has 5 nitrogen and oxygen atoms in total. The van der Waals surface area contributed by atoms with Gasteiger partial charge in [-0.05, 0) is 12.8 Å². The Balaban J connectivity index is 3.48. The van der Waals surface area contributed by atoms with Crippen molar-refractivity contribution < 1.29 is 9.53 Å². The highest BCUT2D eigenvalue weighted by molar-refractivity contribution is 5.79. The lowest BCUT2D eigenvalue weighted by Gasteiger charge is -2.09. The van der Waals surface area contributed by atoms with Crippen molar-refractivity contribution in [1.29, 1.82) is 0 Å². The number of rotatable bonds is 7. The molecule has 0 unspecified atom stereocenters. The molecule has 0 aliphatic rings. The van der Waals surface area contributed by atoms with Crippen LogP contribution in [0.4, 0.5) is 0 Å². The van der Waals surface area contributed by atoms with Gasteiger partial charge in [-0.2, -0.15) is 0 Å². The first-order valence-corrected chi connectivity index (χ1v) is 5.36. The number of ether oxygens (including phenoxy) is 1. The first-order chi connectivity index (χ1) is 7.74. The molecule has 0 fully saturated rings. The van der Waals surface area contributed by atoms with Gasteiger partial charge in [0.15, 0.2) is 5.96 Å². The van der Waals surface area contributed by atoms with E-state index in [1.807, 2.05) is 0 Å². The van der Waals surface area contributed by atoms with E-state index < -0.39 is 0 Å². The number of esters is 1. The van der Waals surface area contributed by atoms with Crippen LogP contribution in [0, 0.1) is 0 Å². The van der Waals surface area contributed by atoms with Crippen molar-refractivity contribution in [2.45, 2.75) is 19.3 Å². The van der Waals surface area contributed by atoms with Gasteiger partial charge in [-0.15, -0.1) is 6.58 Å². The number of carbonyl (C=O) groups is 1. The van der Waals surface area contributed by atoms with E-state index in [0.717, 1.165) is 25.3 Å². The van der Waals surface area contributed by atoms with Crippen molar-refractivity contribution >= 4 is 11.9 Å². The Labute approximate surface area is 97.0 Å². The molecule has 5 heteroatoms. The van der Waals surface area contributed by atoms with Crippen molar-refractivity contribution in [2.24, 2.45) is 4.99 Å². The van der Waals surface area contributed by atoms with Gasteiger partial charge >= 0.3 is 5.97 Å². The Bertz CT molecular complexity index is 239. The van der Waals surface area contributed by atoms with Gasteiger partial charge < -0.3 is 15.4 Å². The zero-order chi connectivity index (χ0) is 12.2. The standard InChI is InChI=1S/C11H21N3O2/c1-4-8-13-11(12-2)14-9-6-5-7-10(15)16-3/h4H,1,5-9H2,2-3H3,(H2,12,13,14). The molecule has 0 saturated heterocycles. The maximum absolute atomic E-state index is 10.8. The summed E-state index contributed by atoms with van der Waals surface area (Å²) in [4.78, 5) is 14.8. The van der Waals surface area contributed by atoms with E-state index in [4.69, 9.17) is 0 Å². The fourth-order valence-electron chi connectivity index (χ4n) is 1.09. The highest BCUT2D eigenvalue weighted by Gasteiger charge is 1.99. The lowest BCUT2D eigenvalue weighted by atomic mass is 10.2. The Morgan fingerprint density at radius 3 is 2.75 bits per heavy atom. The number of hydrogen-bond acceptors (Lipinski definition) is 3. The van der Waals surface area contributed by atoms with E-state index in [0.29, 0.717) is 13.0 Å². The summed E-state index contributed by atoms with van der Waals surface area (Å²) in [5.41, 5.74) is 0. The second-order valence-corrected chi connectivity index (χ2v) is 3.20. The van der Waals surface area contributed by atoms with Crippen LogP contribution in [-0.2, 0) is 9.53 Å². The Morgan fingerprint density at radius 1 is 1.44 bits per heavy atom. The predicted octanol–water partition coefficient (Wildman–Crippen LogP) is 0.681. The Hall–Kier alpha value is -1.52. The number of carbonyl (C=O) groups excluding carboxylic acids is 1. The smallest absolute Gasteiger partial charge is 0.305 e. The monoisotopic (exact) mass is 227 g/mol. The fraction of sp³-hybridized carbons (Fsp3) is 0.636. The Kier molecular flexibility index (Phi) is 9.06. The first kappa shape index (κ1) is 14.5. The average Bonchev–Trinajstić information content (AvgIpc) is 2.32. The zero-order valence-corrected chi connectivity index (χ0v) is 10.1. The summed E-state index contributed by atoms with van der Waals surface area (Å²) in [6, 6.07) is 0. The van der Waals surface area contributed by atoms with E-state index in [1.54, 1.807) is 13.1 Å². The van der Waals surface area contributed by atoms with Gasteiger partial charge in [-0.3, -0.25) is 9.79 Å². The van der Waals surface area contributed by atoms with Crippen molar-refractivity contribution in [3.8, 4) is 0 Å². The van der Waals surface area contributed by atoms with Gasteiger partial charge in [0.25, 0.3) is 0 Å². The SMILES string of the molecule is C=CCNC(=NC)NCCCCC(=O)OC. The summed E-state index contributed by atoms with van der Waals surface area (Å²) in [7, 11) is 3.12. The number of nitrogens with one attached hydrogen (secondary N) is 2. The molecule has 0 aromatic rings. The van der Waals surface area contributed by atoms with E-state index in [1.165, 1.54) is 7.11 Å². The van der Waals surface area contributed by atoms with Gasteiger partial charge in [-0.25, -0.2) is 0 Å². The number of methoxy groups -OCH3 is 1. The second-order valence-electron chi connectivity index (χ2n) is 3.20. The molecule has 0 rings (SSSR count). The van der Waals surface area contributed by atoms with Crippen LogP contribution in [0.25, 0.3) is 0 Å². The third-order valence-corrected chi connectivity index (χ3v) is 1.97. The second kappa shape index (κ2) is 10.0. The summed E-state index contributed by atoms with van der Waals surface area (Å²) in [6.07, 6.45) is 3.96. The quantitative estimate of drug-likeness (QED) is 0.221. The van der Waals surface area contributed by atoms with Crippen LogP contribution >= 0.6 is 0 Å². The molecule has 0 heterocycles. The molecule has 92 valence electrons. The van der Waals surface area contributed by atoms with Gasteiger partial charge in [0, 0.05) is 26.6 Å². The van der Waals surface area contributed by atoms with Crippen LogP contribution in [0.2, 0.25) is 0 Å². The molecule has 0 aliphatic heterocycles. The van der Waals surface area contributed by atoms with E-state index in [9.17, 15) is 4.79 Å². The summed E-state index contributed by atoms with van der Waals surface area (Å²) in [5.74, 6) is 0.590. The van der Waals surface area contributed by atoms with E-state index in [-0.39, 0.29) is 5.97 Å².